The van der Waals surface area contributed by atoms with Gasteiger partial charge in [0.15, 0.2) is 11.5 Å². The number of rotatable bonds is 6. The second-order valence-corrected chi connectivity index (χ2v) is 4.83. The van der Waals surface area contributed by atoms with Crippen LogP contribution in [-0.2, 0) is 20.7 Å². The third kappa shape index (κ3) is 4.11. The maximum Gasteiger partial charge on any atom is 0.307 e. The average molecular weight is 293 g/mol. The number of hydrogen-bond donors (Lipinski definition) is 0. The molecular formula is C15H19NO5. The van der Waals surface area contributed by atoms with E-state index in [1.165, 1.54) is 7.11 Å². The zero-order valence-corrected chi connectivity index (χ0v) is 12.3. The molecule has 1 aromatic carbocycles. The molecule has 1 aliphatic heterocycles. The van der Waals surface area contributed by atoms with Crippen LogP contribution in [0.3, 0.4) is 0 Å². The number of hydrogen-bond acceptors (Lipinski definition) is 5. The molecule has 0 aliphatic carbocycles. The van der Waals surface area contributed by atoms with Crippen molar-refractivity contribution in [1.82, 2.24) is 4.90 Å². The van der Waals surface area contributed by atoms with Crippen LogP contribution >= 0.6 is 0 Å². The number of amides is 1. The molecule has 1 amide bonds. The van der Waals surface area contributed by atoms with E-state index in [1.807, 2.05) is 18.2 Å². The van der Waals surface area contributed by atoms with Crippen molar-refractivity contribution in [2.75, 3.05) is 27.5 Å². The van der Waals surface area contributed by atoms with E-state index in [9.17, 15) is 9.59 Å². The standard InChI is InChI=1S/C15H19NO5/c1-16(8-7-15(18)19-2)14(17)6-4-11-3-5-12-13(9-11)21-10-20-12/h3,5,9H,4,6-8,10H2,1-2H3. The van der Waals surface area contributed by atoms with Gasteiger partial charge in [0.1, 0.15) is 0 Å². The summed E-state index contributed by atoms with van der Waals surface area (Å²) in [5, 5.41) is 0. The van der Waals surface area contributed by atoms with Gasteiger partial charge in [-0.1, -0.05) is 6.07 Å². The summed E-state index contributed by atoms with van der Waals surface area (Å²) in [5.41, 5.74) is 1.02. The Balaban J connectivity index is 1.79. The molecule has 0 spiro atoms. The summed E-state index contributed by atoms with van der Waals surface area (Å²) in [5.74, 6) is 1.14. The molecule has 0 aromatic heterocycles. The van der Waals surface area contributed by atoms with Crippen molar-refractivity contribution < 1.29 is 23.8 Å². The highest BCUT2D eigenvalue weighted by Crippen LogP contribution is 2.32. The normalized spacial score (nSPS) is 12.1. The van der Waals surface area contributed by atoms with Gasteiger partial charge in [0, 0.05) is 20.0 Å². The Morgan fingerprint density at radius 3 is 2.76 bits per heavy atom. The van der Waals surface area contributed by atoms with Crippen molar-refractivity contribution in [3.63, 3.8) is 0 Å². The highest BCUT2D eigenvalue weighted by Gasteiger charge is 2.15. The van der Waals surface area contributed by atoms with E-state index >= 15 is 0 Å². The van der Waals surface area contributed by atoms with E-state index in [2.05, 4.69) is 4.74 Å². The molecule has 0 bridgehead atoms. The van der Waals surface area contributed by atoms with Crippen molar-refractivity contribution in [3.05, 3.63) is 23.8 Å². The number of esters is 1. The highest BCUT2D eigenvalue weighted by molar-refractivity contribution is 5.77. The molecule has 0 saturated heterocycles. The summed E-state index contributed by atoms with van der Waals surface area (Å²) in [6, 6.07) is 5.67. The average Bonchev–Trinajstić information content (AvgIpc) is 2.97. The molecule has 0 N–H and O–H groups in total. The number of fused-ring (bicyclic) bond motifs is 1. The Hall–Kier alpha value is -2.24. The minimum atomic E-state index is -0.314. The SMILES string of the molecule is COC(=O)CCN(C)C(=O)CCc1ccc2c(c1)OCO2. The van der Waals surface area contributed by atoms with E-state index in [1.54, 1.807) is 11.9 Å². The number of carbonyl (C=O) groups is 2. The van der Waals surface area contributed by atoms with Crippen LogP contribution in [0.1, 0.15) is 18.4 Å². The van der Waals surface area contributed by atoms with Crippen LogP contribution in [0.2, 0.25) is 0 Å². The Morgan fingerprint density at radius 2 is 2.00 bits per heavy atom. The zero-order chi connectivity index (χ0) is 15.2. The van der Waals surface area contributed by atoms with Crippen molar-refractivity contribution in [2.24, 2.45) is 0 Å². The molecule has 0 radical (unpaired) electrons. The van der Waals surface area contributed by atoms with Crippen molar-refractivity contribution >= 4 is 11.9 Å². The Labute approximate surface area is 123 Å². The molecule has 1 aliphatic rings. The number of benzene rings is 1. The summed E-state index contributed by atoms with van der Waals surface area (Å²) in [6.07, 6.45) is 1.22. The van der Waals surface area contributed by atoms with Gasteiger partial charge < -0.3 is 19.1 Å². The van der Waals surface area contributed by atoms with Crippen molar-refractivity contribution in [3.8, 4) is 11.5 Å². The van der Waals surface area contributed by atoms with Gasteiger partial charge in [0.05, 0.1) is 13.5 Å². The molecule has 1 aromatic rings. The maximum absolute atomic E-state index is 12.0. The summed E-state index contributed by atoms with van der Waals surface area (Å²) in [4.78, 5) is 24.6. The quantitative estimate of drug-likeness (QED) is 0.741. The molecule has 6 heteroatoms. The number of aryl methyl sites for hydroxylation is 1. The largest absolute Gasteiger partial charge is 0.469 e. The van der Waals surface area contributed by atoms with Gasteiger partial charge in [-0.3, -0.25) is 9.59 Å². The predicted molar refractivity (Wildman–Crippen MR) is 75.2 cm³/mol. The molecule has 0 fully saturated rings. The summed E-state index contributed by atoms with van der Waals surface area (Å²) < 4.78 is 15.1. The highest BCUT2D eigenvalue weighted by atomic mass is 16.7. The van der Waals surface area contributed by atoms with Gasteiger partial charge >= 0.3 is 5.97 Å². The molecule has 114 valence electrons. The van der Waals surface area contributed by atoms with Crippen LogP contribution in [0.25, 0.3) is 0 Å². The Morgan fingerprint density at radius 1 is 1.24 bits per heavy atom. The van der Waals surface area contributed by atoms with Crippen LogP contribution in [0, 0.1) is 0 Å². The van der Waals surface area contributed by atoms with Crippen molar-refractivity contribution in [2.45, 2.75) is 19.3 Å². The van der Waals surface area contributed by atoms with Crippen LogP contribution in [0.15, 0.2) is 18.2 Å². The van der Waals surface area contributed by atoms with Crippen LogP contribution in [0.5, 0.6) is 11.5 Å². The Kier molecular flexibility index (Phi) is 5.03. The second kappa shape index (κ2) is 6.97. The molecule has 0 saturated carbocycles. The Bertz CT molecular complexity index is 529. The first-order valence-corrected chi connectivity index (χ1v) is 6.79. The lowest BCUT2D eigenvalue weighted by Crippen LogP contribution is -2.29. The fraction of sp³-hybridized carbons (Fsp3) is 0.467. The van der Waals surface area contributed by atoms with E-state index in [4.69, 9.17) is 9.47 Å². The molecular weight excluding hydrogens is 274 g/mol. The first-order chi connectivity index (χ1) is 10.1. The van der Waals surface area contributed by atoms with E-state index in [-0.39, 0.29) is 25.1 Å². The first kappa shape index (κ1) is 15.2. The lowest BCUT2D eigenvalue weighted by atomic mass is 10.1. The van der Waals surface area contributed by atoms with Gasteiger partial charge in [0.25, 0.3) is 0 Å². The molecule has 0 atom stereocenters. The van der Waals surface area contributed by atoms with Crippen molar-refractivity contribution in [1.29, 1.82) is 0 Å². The van der Waals surface area contributed by atoms with E-state index in [0.29, 0.717) is 19.4 Å². The monoisotopic (exact) mass is 293 g/mol. The van der Waals surface area contributed by atoms with Gasteiger partial charge in [-0.25, -0.2) is 0 Å². The minimum Gasteiger partial charge on any atom is -0.469 e. The predicted octanol–water partition coefficient (Wildman–Crippen LogP) is 1.37. The molecule has 1 heterocycles. The molecule has 2 rings (SSSR count). The summed E-state index contributed by atoms with van der Waals surface area (Å²) in [7, 11) is 3.02. The van der Waals surface area contributed by atoms with Crippen LogP contribution in [-0.4, -0.2) is 44.3 Å². The lowest BCUT2D eigenvalue weighted by molar-refractivity contribution is -0.141. The summed E-state index contributed by atoms with van der Waals surface area (Å²) >= 11 is 0. The fourth-order valence-electron chi connectivity index (χ4n) is 2.02. The first-order valence-electron chi connectivity index (χ1n) is 6.79. The number of methoxy groups -OCH3 is 1. The topological polar surface area (TPSA) is 65.1 Å². The van der Waals surface area contributed by atoms with Gasteiger partial charge in [0.2, 0.25) is 12.7 Å². The number of carbonyl (C=O) groups excluding carboxylic acids is 2. The van der Waals surface area contributed by atoms with Gasteiger partial charge in [-0.2, -0.15) is 0 Å². The van der Waals surface area contributed by atoms with Crippen LogP contribution < -0.4 is 9.47 Å². The maximum atomic E-state index is 12.0. The lowest BCUT2D eigenvalue weighted by Gasteiger charge is -2.16. The van der Waals surface area contributed by atoms with E-state index < -0.39 is 0 Å². The molecule has 6 nitrogen and oxygen atoms in total. The zero-order valence-electron chi connectivity index (χ0n) is 12.3. The van der Waals surface area contributed by atoms with Gasteiger partial charge in [-0.05, 0) is 24.1 Å². The minimum absolute atomic E-state index is 0.00318. The van der Waals surface area contributed by atoms with Gasteiger partial charge in [-0.15, -0.1) is 0 Å². The fourth-order valence-corrected chi connectivity index (χ4v) is 2.02. The van der Waals surface area contributed by atoms with Crippen LogP contribution in [0.4, 0.5) is 0 Å². The third-order valence-corrected chi connectivity index (χ3v) is 3.37. The summed E-state index contributed by atoms with van der Waals surface area (Å²) in [6.45, 7) is 0.612. The number of ether oxygens (including phenoxy) is 3. The van der Waals surface area contributed by atoms with E-state index in [0.717, 1.165) is 17.1 Å². The molecule has 0 unspecified atom stereocenters. The third-order valence-electron chi connectivity index (χ3n) is 3.37. The second-order valence-electron chi connectivity index (χ2n) is 4.83. The number of nitrogens with zero attached hydrogens (tertiary/aromatic N) is 1. The molecule has 21 heavy (non-hydrogen) atoms. The smallest absolute Gasteiger partial charge is 0.307 e.